The first-order valence-electron chi connectivity index (χ1n) is 7.09. The Morgan fingerprint density at radius 3 is 2.59 bits per heavy atom. The van der Waals surface area contributed by atoms with Gasteiger partial charge >= 0.3 is 0 Å². The van der Waals surface area contributed by atoms with Crippen LogP contribution in [0.3, 0.4) is 0 Å². The summed E-state index contributed by atoms with van der Waals surface area (Å²) in [6, 6.07) is 10.9. The summed E-state index contributed by atoms with van der Waals surface area (Å²) in [5, 5.41) is 0. The Kier molecular flexibility index (Phi) is 3.78. The lowest BCUT2D eigenvalue weighted by molar-refractivity contribution is 0.585. The lowest BCUT2D eigenvalue weighted by atomic mass is 10.0. The molecule has 0 spiro atoms. The second-order valence-electron chi connectivity index (χ2n) is 5.40. The van der Waals surface area contributed by atoms with Crippen molar-refractivity contribution in [2.24, 2.45) is 0 Å². The first kappa shape index (κ1) is 14.8. The zero-order valence-electron chi connectivity index (χ0n) is 12.0. The van der Waals surface area contributed by atoms with Gasteiger partial charge < -0.3 is 5.73 Å². The van der Waals surface area contributed by atoms with Gasteiger partial charge in [-0.25, -0.2) is 12.8 Å². The van der Waals surface area contributed by atoms with E-state index in [1.165, 1.54) is 28.6 Å². The number of rotatable bonds is 3. The van der Waals surface area contributed by atoms with Crippen LogP contribution in [0.5, 0.6) is 0 Å². The first-order chi connectivity index (χ1) is 10.5. The average Bonchev–Trinajstić information content (AvgIpc) is 2.49. The Hall–Kier alpha value is -2.08. The maximum Gasteiger partial charge on any atom is 0.239 e. The van der Waals surface area contributed by atoms with E-state index in [1.54, 1.807) is 18.2 Å². The van der Waals surface area contributed by atoms with Crippen molar-refractivity contribution in [1.82, 2.24) is 0 Å². The van der Waals surface area contributed by atoms with Crippen molar-refractivity contribution in [2.45, 2.75) is 18.6 Å². The molecule has 6 heteroatoms. The van der Waals surface area contributed by atoms with Crippen LogP contribution < -0.4 is 10.0 Å². The van der Waals surface area contributed by atoms with Gasteiger partial charge in [-0.1, -0.05) is 18.2 Å². The quantitative estimate of drug-likeness (QED) is 0.884. The van der Waals surface area contributed by atoms with Crippen LogP contribution in [0, 0.1) is 5.82 Å². The first-order valence-corrected chi connectivity index (χ1v) is 8.70. The number of sulfonamides is 1. The molecule has 116 valence electrons. The predicted molar refractivity (Wildman–Crippen MR) is 85.5 cm³/mol. The standard InChI is InChI=1S/C16H17FN2O2S/c17-13-8-6-12(7-9-13)11-22(20,21)19-10-2-3-14-15(18)4-1-5-16(14)19/h1,4-9H,2-3,10-11,18H2. The lowest BCUT2D eigenvalue weighted by Crippen LogP contribution is -2.36. The molecule has 4 nitrogen and oxygen atoms in total. The van der Waals surface area contributed by atoms with Crippen molar-refractivity contribution in [3.05, 3.63) is 59.4 Å². The summed E-state index contributed by atoms with van der Waals surface area (Å²) in [4.78, 5) is 0. The third kappa shape index (κ3) is 2.78. The van der Waals surface area contributed by atoms with Gasteiger partial charge in [-0.05, 0) is 48.2 Å². The lowest BCUT2D eigenvalue weighted by Gasteiger charge is -2.31. The van der Waals surface area contributed by atoms with Crippen molar-refractivity contribution in [2.75, 3.05) is 16.6 Å². The number of nitrogens with zero attached hydrogens (tertiary/aromatic N) is 1. The summed E-state index contributed by atoms with van der Waals surface area (Å²) < 4.78 is 39.8. The van der Waals surface area contributed by atoms with Crippen molar-refractivity contribution in [1.29, 1.82) is 0 Å². The number of benzene rings is 2. The van der Waals surface area contributed by atoms with E-state index in [-0.39, 0.29) is 11.6 Å². The fourth-order valence-electron chi connectivity index (χ4n) is 2.78. The van der Waals surface area contributed by atoms with Gasteiger partial charge in [0.15, 0.2) is 0 Å². The number of hydrogen-bond donors (Lipinski definition) is 1. The number of fused-ring (bicyclic) bond motifs is 1. The highest BCUT2D eigenvalue weighted by Crippen LogP contribution is 2.33. The van der Waals surface area contributed by atoms with Crippen molar-refractivity contribution in [3.63, 3.8) is 0 Å². The molecule has 0 amide bonds. The SMILES string of the molecule is Nc1cccc2c1CCCN2S(=O)(=O)Cc1ccc(F)cc1. The largest absolute Gasteiger partial charge is 0.398 e. The Morgan fingerprint density at radius 1 is 1.14 bits per heavy atom. The topological polar surface area (TPSA) is 63.4 Å². The molecule has 2 aromatic carbocycles. The molecule has 22 heavy (non-hydrogen) atoms. The molecule has 0 saturated carbocycles. The summed E-state index contributed by atoms with van der Waals surface area (Å²) in [5.41, 5.74) is 8.69. The van der Waals surface area contributed by atoms with Crippen molar-refractivity contribution in [3.8, 4) is 0 Å². The summed E-state index contributed by atoms with van der Waals surface area (Å²) in [5.74, 6) is -0.529. The Bertz CT molecular complexity index is 788. The molecule has 0 radical (unpaired) electrons. The fourth-order valence-corrected chi connectivity index (χ4v) is 4.42. The maximum absolute atomic E-state index is 12.9. The minimum Gasteiger partial charge on any atom is -0.398 e. The molecule has 0 bridgehead atoms. The Morgan fingerprint density at radius 2 is 1.86 bits per heavy atom. The van der Waals surface area contributed by atoms with Gasteiger partial charge in [0.1, 0.15) is 5.82 Å². The molecule has 0 fully saturated rings. The normalized spacial score (nSPS) is 14.7. The Labute approximate surface area is 129 Å². The van der Waals surface area contributed by atoms with Crippen LogP contribution in [0.15, 0.2) is 42.5 Å². The van der Waals surface area contributed by atoms with Crippen LogP contribution in [-0.2, 0) is 22.2 Å². The minimum absolute atomic E-state index is 0.151. The number of hydrogen-bond acceptors (Lipinski definition) is 3. The third-order valence-electron chi connectivity index (χ3n) is 3.84. The molecule has 0 saturated heterocycles. The molecule has 2 N–H and O–H groups in total. The van der Waals surface area contributed by atoms with Crippen LogP contribution in [0.2, 0.25) is 0 Å². The molecule has 1 heterocycles. The van der Waals surface area contributed by atoms with E-state index >= 15 is 0 Å². The second kappa shape index (κ2) is 5.61. The number of anilines is 2. The highest BCUT2D eigenvalue weighted by molar-refractivity contribution is 7.92. The van der Waals surface area contributed by atoms with Gasteiger partial charge in [-0.3, -0.25) is 4.31 Å². The zero-order chi connectivity index (χ0) is 15.7. The summed E-state index contributed by atoms with van der Waals surface area (Å²) in [6.07, 6.45) is 1.52. The molecule has 1 aliphatic rings. The molecule has 1 aliphatic heterocycles. The van der Waals surface area contributed by atoms with E-state index < -0.39 is 10.0 Å². The van der Waals surface area contributed by atoms with Crippen molar-refractivity contribution >= 4 is 21.4 Å². The van der Waals surface area contributed by atoms with E-state index in [0.29, 0.717) is 23.5 Å². The number of nitrogen functional groups attached to an aromatic ring is 1. The number of nitrogens with two attached hydrogens (primary N) is 1. The Balaban J connectivity index is 1.94. The van der Waals surface area contributed by atoms with Gasteiger partial charge in [0.2, 0.25) is 10.0 Å². The molecular formula is C16H17FN2O2S. The smallest absolute Gasteiger partial charge is 0.239 e. The molecular weight excluding hydrogens is 303 g/mol. The molecule has 0 unspecified atom stereocenters. The maximum atomic E-state index is 12.9. The molecule has 0 aliphatic carbocycles. The monoisotopic (exact) mass is 320 g/mol. The minimum atomic E-state index is -3.52. The van der Waals surface area contributed by atoms with Gasteiger partial charge in [0.25, 0.3) is 0 Å². The zero-order valence-corrected chi connectivity index (χ0v) is 12.8. The molecule has 0 aromatic heterocycles. The van der Waals surface area contributed by atoms with Gasteiger partial charge in [-0.15, -0.1) is 0 Å². The average molecular weight is 320 g/mol. The molecule has 3 rings (SSSR count). The van der Waals surface area contributed by atoms with E-state index in [4.69, 9.17) is 5.73 Å². The van der Waals surface area contributed by atoms with Gasteiger partial charge in [0.05, 0.1) is 11.4 Å². The van der Waals surface area contributed by atoms with E-state index in [9.17, 15) is 12.8 Å². The van der Waals surface area contributed by atoms with Crippen molar-refractivity contribution < 1.29 is 12.8 Å². The van der Waals surface area contributed by atoms with Crippen LogP contribution in [0.1, 0.15) is 17.5 Å². The van der Waals surface area contributed by atoms with E-state index in [2.05, 4.69) is 0 Å². The van der Waals surface area contributed by atoms with Gasteiger partial charge in [0, 0.05) is 12.2 Å². The highest BCUT2D eigenvalue weighted by Gasteiger charge is 2.28. The van der Waals surface area contributed by atoms with E-state index in [1.807, 2.05) is 0 Å². The van der Waals surface area contributed by atoms with Crippen LogP contribution in [0.25, 0.3) is 0 Å². The third-order valence-corrected chi connectivity index (χ3v) is 5.59. The van der Waals surface area contributed by atoms with E-state index in [0.717, 1.165) is 18.4 Å². The summed E-state index contributed by atoms with van der Waals surface area (Å²) in [6.45, 7) is 0.444. The predicted octanol–water partition coefficient (Wildman–Crippen LogP) is 2.69. The summed E-state index contributed by atoms with van der Waals surface area (Å²) in [7, 11) is -3.52. The highest BCUT2D eigenvalue weighted by atomic mass is 32.2. The summed E-state index contributed by atoms with van der Waals surface area (Å²) >= 11 is 0. The van der Waals surface area contributed by atoms with Crippen LogP contribution in [-0.4, -0.2) is 15.0 Å². The molecule has 0 atom stereocenters. The fraction of sp³-hybridized carbons (Fsp3) is 0.250. The molecule has 2 aromatic rings. The van der Waals surface area contributed by atoms with Crippen LogP contribution >= 0.6 is 0 Å². The van der Waals surface area contributed by atoms with Gasteiger partial charge in [-0.2, -0.15) is 0 Å². The second-order valence-corrected chi connectivity index (χ2v) is 7.30. The van der Waals surface area contributed by atoms with Crippen LogP contribution in [0.4, 0.5) is 15.8 Å². The number of halogens is 1.